The minimum Gasteiger partial charge on any atom is -0.392 e. The van der Waals surface area contributed by atoms with Crippen molar-refractivity contribution in [3.8, 4) is 0 Å². The first-order valence-electron chi connectivity index (χ1n) is 4.42. The number of aliphatic hydroxyl groups excluding tert-OH is 1. The molecule has 1 rings (SSSR count). The molecule has 0 spiro atoms. The molecule has 0 aliphatic heterocycles. The van der Waals surface area contributed by atoms with Crippen molar-refractivity contribution in [1.29, 1.82) is 0 Å². The Morgan fingerprint density at radius 1 is 1.57 bits per heavy atom. The normalized spacial score (nSPS) is 12.9. The summed E-state index contributed by atoms with van der Waals surface area (Å²) >= 11 is 9.36. The summed E-state index contributed by atoms with van der Waals surface area (Å²) in [7, 11) is 0. The quantitative estimate of drug-likeness (QED) is 0.887. The van der Waals surface area contributed by atoms with Crippen molar-refractivity contribution in [2.45, 2.75) is 19.6 Å². The summed E-state index contributed by atoms with van der Waals surface area (Å²) in [5.74, 6) is 0. The molecular formula is C10H13BrClNO. The van der Waals surface area contributed by atoms with Crippen molar-refractivity contribution >= 4 is 27.5 Å². The Balaban J connectivity index is 2.51. The summed E-state index contributed by atoms with van der Waals surface area (Å²) in [4.78, 5) is 0. The van der Waals surface area contributed by atoms with E-state index in [0.717, 1.165) is 15.1 Å². The largest absolute Gasteiger partial charge is 0.392 e. The summed E-state index contributed by atoms with van der Waals surface area (Å²) in [5.41, 5.74) is 1.04. The Hall–Kier alpha value is -0.0900. The van der Waals surface area contributed by atoms with Crippen LogP contribution in [0.5, 0.6) is 0 Å². The zero-order valence-electron chi connectivity index (χ0n) is 7.93. The molecule has 0 fully saturated rings. The van der Waals surface area contributed by atoms with E-state index in [1.807, 2.05) is 18.2 Å². The highest BCUT2D eigenvalue weighted by atomic mass is 79.9. The highest BCUT2D eigenvalue weighted by Crippen LogP contribution is 2.20. The Bertz CT molecular complexity index is 304. The van der Waals surface area contributed by atoms with Crippen LogP contribution in [-0.4, -0.2) is 17.8 Å². The molecule has 0 amide bonds. The molecule has 1 atom stereocenters. The van der Waals surface area contributed by atoms with Gasteiger partial charge in [-0.2, -0.15) is 0 Å². The lowest BCUT2D eigenvalue weighted by molar-refractivity contribution is 0.191. The molecule has 1 aromatic carbocycles. The van der Waals surface area contributed by atoms with Crippen molar-refractivity contribution < 1.29 is 5.11 Å². The van der Waals surface area contributed by atoms with E-state index < -0.39 is 0 Å². The van der Waals surface area contributed by atoms with E-state index in [-0.39, 0.29) is 6.10 Å². The van der Waals surface area contributed by atoms with E-state index in [0.29, 0.717) is 13.1 Å². The lowest BCUT2D eigenvalue weighted by Gasteiger charge is -2.08. The monoisotopic (exact) mass is 277 g/mol. The second-order valence-corrected chi connectivity index (χ2v) is 4.54. The number of hydrogen-bond donors (Lipinski definition) is 2. The third kappa shape index (κ3) is 3.96. The third-order valence-electron chi connectivity index (χ3n) is 1.77. The average molecular weight is 279 g/mol. The maximum atomic E-state index is 9.04. The van der Waals surface area contributed by atoms with Crippen LogP contribution < -0.4 is 5.32 Å². The number of benzene rings is 1. The molecule has 0 radical (unpaired) electrons. The topological polar surface area (TPSA) is 32.3 Å². The van der Waals surface area contributed by atoms with Gasteiger partial charge in [0.2, 0.25) is 0 Å². The number of hydrogen-bond acceptors (Lipinski definition) is 2. The second kappa shape index (κ2) is 5.71. The first-order valence-corrected chi connectivity index (χ1v) is 5.59. The molecule has 0 aliphatic rings. The van der Waals surface area contributed by atoms with Crippen LogP contribution in [0.3, 0.4) is 0 Å². The average Bonchev–Trinajstić information content (AvgIpc) is 2.08. The van der Waals surface area contributed by atoms with E-state index in [4.69, 9.17) is 16.7 Å². The minimum absolute atomic E-state index is 0.329. The molecule has 0 saturated heterocycles. The van der Waals surface area contributed by atoms with E-state index in [2.05, 4.69) is 21.2 Å². The van der Waals surface area contributed by atoms with Gasteiger partial charge in [0.1, 0.15) is 0 Å². The van der Waals surface area contributed by atoms with Gasteiger partial charge in [-0.1, -0.05) is 33.6 Å². The van der Waals surface area contributed by atoms with Crippen LogP contribution in [0.1, 0.15) is 12.5 Å². The van der Waals surface area contributed by atoms with Crippen LogP contribution in [0, 0.1) is 0 Å². The first kappa shape index (κ1) is 12.0. The van der Waals surface area contributed by atoms with Crippen molar-refractivity contribution in [3.05, 3.63) is 33.3 Å². The molecule has 0 unspecified atom stereocenters. The zero-order valence-corrected chi connectivity index (χ0v) is 10.3. The van der Waals surface area contributed by atoms with Crippen LogP contribution in [0.2, 0.25) is 5.02 Å². The van der Waals surface area contributed by atoms with Gasteiger partial charge in [-0.3, -0.25) is 0 Å². The van der Waals surface area contributed by atoms with Crippen molar-refractivity contribution in [2.24, 2.45) is 0 Å². The van der Waals surface area contributed by atoms with Crippen molar-refractivity contribution in [2.75, 3.05) is 6.54 Å². The van der Waals surface area contributed by atoms with Gasteiger partial charge in [0.05, 0.1) is 6.10 Å². The van der Waals surface area contributed by atoms with Crippen molar-refractivity contribution in [3.63, 3.8) is 0 Å². The number of nitrogens with one attached hydrogen (secondary N) is 1. The van der Waals surface area contributed by atoms with Gasteiger partial charge < -0.3 is 10.4 Å². The molecular weight excluding hydrogens is 265 g/mol. The molecule has 1 aromatic rings. The molecule has 0 aliphatic carbocycles. The third-order valence-corrected chi connectivity index (χ3v) is 2.62. The van der Waals surface area contributed by atoms with Gasteiger partial charge >= 0.3 is 0 Å². The Labute approximate surface area is 97.4 Å². The van der Waals surface area contributed by atoms with E-state index in [1.165, 1.54) is 0 Å². The maximum absolute atomic E-state index is 9.04. The van der Waals surface area contributed by atoms with Crippen LogP contribution in [-0.2, 0) is 6.54 Å². The Morgan fingerprint density at radius 3 is 2.86 bits per heavy atom. The molecule has 0 aromatic heterocycles. The molecule has 0 heterocycles. The van der Waals surface area contributed by atoms with E-state index in [1.54, 1.807) is 6.92 Å². The maximum Gasteiger partial charge on any atom is 0.0636 e. The van der Waals surface area contributed by atoms with E-state index in [9.17, 15) is 0 Å². The summed E-state index contributed by atoms with van der Waals surface area (Å²) in [6, 6.07) is 5.77. The summed E-state index contributed by atoms with van der Waals surface area (Å²) < 4.78 is 0.974. The molecule has 2 N–H and O–H groups in total. The zero-order chi connectivity index (χ0) is 10.6. The fourth-order valence-corrected chi connectivity index (χ4v) is 1.82. The fraction of sp³-hybridized carbons (Fsp3) is 0.400. The predicted octanol–water partition coefficient (Wildman–Crippen LogP) is 2.57. The molecule has 4 heteroatoms. The van der Waals surface area contributed by atoms with Gasteiger partial charge in [-0.25, -0.2) is 0 Å². The Kier molecular flexibility index (Phi) is 4.89. The SMILES string of the molecule is C[C@H](O)CNCc1ccc(Br)cc1Cl. The number of rotatable bonds is 4. The van der Waals surface area contributed by atoms with Crippen LogP contribution in [0.4, 0.5) is 0 Å². The Morgan fingerprint density at radius 2 is 2.29 bits per heavy atom. The van der Waals surface area contributed by atoms with Gasteiger partial charge in [-0.15, -0.1) is 0 Å². The summed E-state index contributed by atoms with van der Waals surface area (Å²) in [6.07, 6.45) is -0.329. The molecule has 0 bridgehead atoms. The number of halogens is 2. The number of aliphatic hydroxyl groups is 1. The molecule has 0 saturated carbocycles. The lowest BCUT2D eigenvalue weighted by Crippen LogP contribution is -2.23. The van der Waals surface area contributed by atoms with Crippen molar-refractivity contribution in [1.82, 2.24) is 5.32 Å². The summed E-state index contributed by atoms with van der Waals surface area (Å²) in [6.45, 7) is 3.00. The first-order chi connectivity index (χ1) is 6.59. The van der Waals surface area contributed by atoms with Crippen LogP contribution in [0.15, 0.2) is 22.7 Å². The van der Waals surface area contributed by atoms with Crippen LogP contribution in [0.25, 0.3) is 0 Å². The standard InChI is InChI=1S/C10H13BrClNO/c1-7(14)5-13-6-8-2-3-9(11)4-10(8)12/h2-4,7,13-14H,5-6H2,1H3/t7-/m0/s1. The summed E-state index contributed by atoms with van der Waals surface area (Å²) in [5, 5.41) is 12.9. The van der Waals surface area contributed by atoms with E-state index >= 15 is 0 Å². The predicted molar refractivity (Wildman–Crippen MR) is 62.5 cm³/mol. The van der Waals surface area contributed by atoms with Crippen LogP contribution >= 0.6 is 27.5 Å². The molecule has 78 valence electrons. The highest BCUT2D eigenvalue weighted by molar-refractivity contribution is 9.10. The molecule has 14 heavy (non-hydrogen) atoms. The lowest BCUT2D eigenvalue weighted by atomic mass is 10.2. The van der Waals surface area contributed by atoms with Gasteiger partial charge in [-0.05, 0) is 24.6 Å². The van der Waals surface area contributed by atoms with Gasteiger partial charge in [0.15, 0.2) is 0 Å². The highest BCUT2D eigenvalue weighted by Gasteiger charge is 2.01. The second-order valence-electron chi connectivity index (χ2n) is 3.22. The van der Waals surface area contributed by atoms with Gasteiger partial charge in [0.25, 0.3) is 0 Å². The smallest absolute Gasteiger partial charge is 0.0636 e. The minimum atomic E-state index is -0.329. The van der Waals surface area contributed by atoms with Gasteiger partial charge in [0, 0.05) is 22.6 Å². The molecule has 2 nitrogen and oxygen atoms in total. The fourth-order valence-electron chi connectivity index (χ4n) is 1.08.